The average molecular weight is 364 g/mol. The summed E-state index contributed by atoms with van der Waals surface area (Å²) in [7, 11) is 1.56. The first-order chi connectivity index (χ1) is 13.2. The maximum absolute atomic E-state index is 12.7. The molecule has 2 amide bonds. The Bertz CT molecular complexity index is 944. The number of carbonyl (C=O) groups excluding carboxylic acids is 2. The van der Waals surface area contributed by atoms with E-state index in [0.717, 1.165) is 10.9 Å². The fourth-order valence-corrected chi connectivity index (χ4v) is 2.64. The number of amides is 2. The van der Waals surface area contributed by atoms with Crippen LogP contribution in [0, 0.1) is 0 Å². The second-order valence-electron chi connectivity index (χ2n) is 5.84. The third-order valence-electron chi connectivity index (χ3n) is 3.96. The quantitative estimate of drug-likeness (QED) is 0.624. The molecule has 0 aliphatic rings. The first kappa shape index (κ1) is 18.5. The van der Waals surface area contributed by atoms with E-state index in [9.17, 15) is 9.59 Å². The van der Waals surface area contributed by atoms with E-state index < -0.39 is 0 Å². The maximum atomic E-state index is 12.7. The van der Waals surface area contributed by atoms with E-state index in [1.807, 2.05) is 36.4 Å². The summed E-state index contributed by atoms with van der Waals surface area (Å²) in [6.45, 7) is 0.707. The summed E-state index contributed by atoms with van der Waals surface area (Å²) in [5.74, 6) is -0.605. The van der Waals surface area contributed by atoms with Crippen molar-refractivity contribution in [3.63, 3.8) is 0 Å². The summed E-state index contributed by atoms with van der Waals surface area (Å²) in [4.78, 5) is 33.2. The van der Waals surface area contributed by atoms with Gasteiger partial charge in [0.15, 0.2) is 0 Å². The minimum atomic E-state index is -0.333. The molecule has 3 aromatic rings. The largest absolute Gasteiger partial charge is 0.383 e. The highest BCUT2D eigenvalue weighted by Crippen LogP contribution is 2.24. The highest BCUT2D eigenvalue weighted by Gasteiger charge is 2.14. The molecule has 0 saturated carbocycles. The minimum Gasteiger partial charge on any atom is -0.383 e. The van der Waals surface area contributed by atoms with E-state index in [1.165, 1.54) is 0 Å². The van der Waals surface area contributed by atoms with Crippen LogP contribution in [0.4, 0.5) is 0 Å². The van der Waals surface area contributed by atoms with Gasteiger partial charge in [0.05, 0.1) is 29.9 Å². The number of nitrogens with one attached hydrogen (secondary N) is 2. The van der Waals surface area contributed by atoms with Gasteiger partial charge in [-0.2, -0.15) is 0 Å². The Morgan fingerprint density at radius 1 is 1.11 bits per heavy atom. The number of pyridine rings is 2. The molecule has 2 aromatic heterocycles. The smallest absolute Gasteiger partial charge is 0.252 e. The number of nitrogens with zero attached hydrogens (tertiary/aromatic N) is 2. The molecule has 0 spiro atoms. The lowest BCUT2D eigenvalue weighted by atomic mass is 10.0. The van der Waals surface area contributed by atoms with E-state index >= 15 is 0 Å². The lowest BCUT2D eigenvalue weighted by Crippen LogP contribution is -2.38. The van der Waals surface area contributed by atoms with Crippen molar-refractivity contribution < 1.29 is 14.3 Å². The van der Waals surface area contributed by atoms with Crippen LogP contribution in [-0.4, -0.2) is 48.6 Å². The number of benzene rings is 1. The van der Waals surface area contributed by atoms with Gasteiger partial charge in [0.1, 0.15) is 0 Å². The molecule has 0 aliphatic carbocycles. The topological polar surface area (TPSA) is 93.2 Å². The molecule has 7 nitrogen and oxygen atoms in total. The number of aromatic nitrogens is 2. The number of fused-ring (bicyclic) bond motifs is 1. The van der Waals surface area contributed by atoms with Crippen molar-refractivity contribution in [1.82, 2.24) is 20.6 Å². The number of methoxy groups -OCH3 is 1. The van der Waals surface area contributed by atoms with E-state index in [1.54, 1.807) is 25.6 Å². The van der Waals surface area contributed by atoms with Crippen molar-refractivity contribution in [1.29, 1.82) is 0 Å². The molecule has 7 heteroatoms. The van der Waals surface area contributed by atoms with Gasteiger partial charge in [-0.25, -0.2) is 4.98 Å². The molecule has 3 rings (SSSR count). The van der Waals surface area contributed by atoms with Crippen LogP contribution in [0.3, 0.4) is 0 Å². The molecular weight excluding hydrogens is 344 g/mol. The lowest BCUT2D eigenvalue weighted by Gasteiger charge is -2.11. The number of rotatable bonds is 7. The van der Waals surface area contributed by atoms with Crippen LogP contribution in [0.5, 0.6) is 0 Å². The predicted molar refractivity (Wildman–Crippen MR) is 102 cm³/mol. The molecule has 0 unspecified atom stereocenters. The number of ether oxygens (including phenoxy) is 1. The summed E-state index contributed by atoms with van der Waals surface area (Å²) < 4.78 is 4.88. The highest BCUT2D eigenvalue weighted by molar-refractivity contribution is 6.08. The molecule has 138 valence electrons. The van der Waals surface area contributed by atoms with E-state index in [-0.39, 0.29) is 18.4 Å². The van der Waals surface area contributed by atoms with Gasteiger partial charge < -0.3 is 15.4 Å². The summed E-state index contributed by atoms with van der Waals surface area (Å²) in [5.41, 5.74) is 2.63. The van der Waals surface area contributed by atoms with Crippen LogP contribution in [0.15, 0.2) is 54.9 Å². The number of hydrogen-bond acceptors (Lipinski definition) is 5. The molecule has 0 saturated heterocycles. The zero-order valence-electron chi connectivity index (χ0n) is 14.9. The van der Waals surface area contributed by atoms with Gasteiger partial charge in [0.25, 0.3) is 5.91 Å². The summed E-state index contributed by atoms with van der Waals surface area (Å²) >= 11 is 0. The zero-order chi connectivity index (χ0) is 19.1. The molecule has 0 atom stereocenters. The lowest BCUT2D eigenvalue weighted by molar-refractivity contribution is -0.120. The average Bonchev–Trinajstić information content (AvgIpc) is 2.72. The molecule has 2 N–H and O–H groups in total. The fourth-order valence-electron chi connectivity index (χ4n) is 2.64. The second kappa shape index (κ2) is 8.86. The van der Waals surface area contributed by atoms with Crippen LogP contribution >= 0.6 is 0 Å². The molecule has 0 radical (unpaired) electrons. The number of carbonyl (C=O) groups is 2. The molecule has 0 bridgehead atoms. The van der Waals surface area contributed by atoms with Crippen LogP contribution in [-0.2, 0) is 9.53 Å². The van der Waals surface area contributed by atoms with E-state index in [2.05, 4.69) is 20.6 Å². The van der Waals surface area contributed by atoms with Crippen LogP contribution in [0.1, 0.15) is 10.4 Å². The van der Waals surface area contributed by atoms with Crippen molar-refractivity contribution in [2.45, 2.75) is 0 Å². The van der Waals surface area contributed by atoms with Gasteiger partial charge in [0.2, 0.25) is 5.91 Å². The van der Waals surface area contributed by atoms with Gasteiger partial charge in [-0.3, -0.25) is 14.6 Å². The van der Waals surface area contributed by atoms with Gasteiger partial charge in [-0.05, 0) is 24.3 Å². The Kier molecular flexibility index (Phi) is 6.06. The first-order valence-corrected chi connectivity index (χ1v) is 8.53. The SMILES string of the molecule is COCCNC(=O)CNC(=O)c1cc(-c2cccnc2)nc2ccccc12. The molecule has 27 heavy (non-hydrogen) atoms. The van der Waals surface area contributed by atoms with Crippen LogP contribution < -0.4 is 10.6 Å². The van der Waals surface area contributed by atoms with E-state index in [0.29, 0.717) is 29.9 Å². The standard InChI is InChI=1S/C20H20N4O3/c1-27-10-9-22-19(25)13-23-20(26)16-11-18(14-5-4-8-21-12-14)24-17-7-3-2-6-15(16)17/h2-8,11-12H,9-10,13H2,1H3,(H,22,25)(H,23,26). The Labute approximate surface area is 156 Å². The molecular formula is C20H20N4O3. The Hall–Kier alpha value is -3.32. The van der Waals surface area contributed by atoms with Gasteiger partial charge >= 0.3 is 0 Å². The number of para-hydroxylation sites is 1. The zero-order valence-corrected chi connectivity index (χ0v) is 14.9. The van der Waals surface area contributed by atoms with Crippen molar-refractivity contribution in [3.05, 3.63) is 60.4 Å². The first-order valence-electron chi connectivity index (χ1n) is 8.53. The summed E-state index contributed by atoms with van der Waals surface area (Å²) in [5, 5.41) is 6.05. The van der Waals surface area contributed by atoms with Crippen molar-refractivity contribution in [2.24, 2.45) is 0 Å². The minimum absolute atomic E-state index is 0.110. The summed E-state index contributed by atoms with van der Waals surface area (Å²) in [6, 6.07) is 12.8. The van der Waals surface area contributed by atoms with Gasteiger partial charge in [0, 0.05) is 37.0 Å². The molecule has 0 aliphatic heterocycles. The predicted octanol–water partition coefficient (Wildman–Crippen LogP) is 1.79. The number of hydrogen-bond donors (Lipinski definition) is 2. The molecule has 0 fully saturated rings. The third-order valence-corrected chi connectivity index (χ3v) is 3.96. The second-order valence-corrected chi connectivity index (χ2v) is 5.84. The Balaban J connectivity index is 1.84. The van der Waals surface area contributed by atoms with E-state index in [4.69, 9.17) is 4.74 Å². The normalized spacial score (nSPS) is 10.6. The van der Waals surface area contributed by atoms with Crippen molar-refractivity contribution >= 4 is 22.7 Å². The Morgan fingerprint density at radius 3 is 2.74 bits per heavy atom. The Morgan fingerprint density at radius 2 is 1.96 bits per heavy atom. The van der Waals surface area contributed by atoms with Gasteiger partial charge in [-0.1, -0.05) is 18.2 Å². The molecule has 1 aromatic carbocycles. The fraction of sp³-hybridized carbons (Fsp3) is 0.200. The third kappa shape index (κ3) is 4.65. The van der Waals surface area contributed by atoms with Crippen molar-refractivity contribution in [3.8, 4) is 11.3 Å². The van der Waals surface area contributed by atoms with Crippen molar-refractivity contribution in [2.75, 3.05) is 26.8 Å². The monoisotopic (exact) mass is 364 g/mol. The summed E-state index contributed by atoms with van der Waals surface area (Å²) in [6.07, 6.45) is 3.38. The molecule has 2 heterocycles. The highest BCUT2D eigenvalue weighted by atomic mass is 16.5. The van der Waals surface area contributed by atoms with Gasteiger partial charge in [-0.15, -0.1) is 0 Å². The maximum Gasteiger partial charge on any atom is 0.252 e. The van der Waals surface area contributed by atoms with Crippen LogP contribution in [0.25, 0.3) is 22.2 Å². The van der Waals surface area contributed by atoms with Crippen LogP contribution in [0.2, 0.25) is 0 Å².